The molecule has 0 spiro atoms. The summed E-state index contributed by atoms with van der Waals surface area (Å²) in [6.07, 6.45) is -2.79. The highest BCUT2D eigenvalue weighted by Gasteiger charge is 2.45. The van der Waals surface area contributed by atoms with Gasteiger partial charge in [0.05, 0.1) is 12.7 Å². The van der Waals surface area contributed by atoms with Gasteiger partial charge in [0.1, 0.15) is 11.9 Å². The molecule has 0 unspecified atom stereocenters. The number of hydrogen-bond acceptors (Lipinski definition) is 6. The minimum atomic E-state index is -1.77. The van der Waals surface area contributed by atoms with E-state index in [2.05, 4.69) is 15.0 Å². The van der Waals surface area contributed by atoms with E-state index in [0.717, 1.165) is 4.57 Å². The summed E-state index contributed by atoms with van der Waals surface area (Å²) in [4.78, 5) is 17.8. The molecule has 2 rings (SSSR count). The average molecular weight is 284 g/mol. The van der Waals surface area contributed by atoms with Crippen molar-refractivity contribution in [3.8, 4) is 0 Å². The number of hydrogen-bond donors (Lipinski definition) is 2. The third-order valence-corrected chi connectivity index (χ3v) is 3.11. The van der Waals surface area contributed by atoms with Gasteiger partial charge in [-0.1, -0.05) is 5.11 Å². The van der Waals surface area contributed by atoms with Gasteiger partial charge >= 0.3 is 5.69 Å². The minimum absolute atomic E-state index is 0.0463. The number of anilines is 1. The smallest absolute Gasteiger partial charge is 0.351 e. The first-order chi connectivity index (χ1) is 9.49. The van der Waals surface area contributed by atoms with Gasteiger partial charge in [0.15, 0.2) is 12.4 Å². The summed E-state index contributed by atoms with van der Waals surface area (Å²) in [5, 5.41) is 12.4. The van der Waals surface area contributed by atoms with Gasteiger partial charge in [-0.25, -0.2) is 9.18 Å². The second kappa shape index (κ2) is 5.45. The van der Waals surface area contributed by atoms with Crippen molar-refractivity contribution in [3.05, 3.63) is 32.7 Å². The zero-order valence-corrected chi connectivity index (χ0v) is 10.5. The van der Waals surface area contributed by atoms with Crippen LogP contribution in [0.4, 0.5) is 10.2 Å². The molecule has 4 atom stereocenters. The highest BCUT2D eigenvalue weighted by atomic mass is 19.1. The molecular formula is C10H13FN6O3. The molecule has 1 saturated heterocycles. The zero-order chi connectivity index (χ0) is 14.9. The Bertz CT molecular complexity index is 614. The molecule has 3 N–H and O–H groups in total. The van der Waals surface area contributed by atoms with Gasteiger partial charge in [-0.3, -0.25) is 4.57 Å². The van der Waals surface area contributed by atoms with Crippen molar-refractivity contribution in [2.45, 2.75) is 31.5 Å². The van der Waals surface area contributed by atoms with E-state index in [-0.39, 0.29) is 5.82 Å². The number of aromatic nitrogens is 2. The van der Waals surface area contributed by atoms with Crippen LogP contribution in [-0.4, -0.2) is 39.6 Å². The quantitative estimate of drug-likeness (QED) is 0.458. The van der Waals surface area contributed by atoms with Crippen LogP contribution in [0.25, 0.3) is 10.4 Å². The number of halogens is 1. The molecule has 1 aromatic heterocycles. The SMILES string of the molecule is Cc1cn([C@H]2O[C@H](CO)[C@@H](N=[N+]=[N-])[C@H]2F)c(=O)nc1N. The van der Waals surface area contributed by atoms with Crippen molar-refractivity contribution in [1.29, 1.82) is 0 Å². The molecule has 0 aromatic carbocycles. The van der Waals surface area contributed by atoms with Crippen LogP contribution in [-0.2, 0) is 4.74 Å². The molecule has 0 amide bonds. The third-order valence-electron chi connectivity index (χ3n) is 3.11. The van der Waals surface area contributed by atoms with E-state index >= 15 is 0 Å². The van der Waals surface area contributed by atoms with Gasteiger partial charge in [-0.2, -0.15) is 4.98 Å². The highest BCUT2D eigenvalue weighted by Crippen LogP contribution is 2.33. The third kappa shape index (κ3) is 2.31. The van der Waals surface area contributed by atoms with Gasteiger partial charge in [-0.05, 0) is 12.5 Å². The lowest BCUT2D eigenvalue weighted by molar-refractivity contribution is -0.0402. The van der Waals surface area contributed by atoms with Crippen molar-refractivity contribution < 1.29 is 14.2 Å². The van der Waals surface area contributed by atoms with Crippen LogP contribution in [0.15, 0.2) is 16.1 Å². The summed E-state index contributed by atoms with van der Waals surface area (Å²) in [5.41, 5.74) is 13.6. The van der Waals surface area contributed by atoms with E-state index in [1.807, 2.05) is 0 Å². The number of alkyl halides is 1. The van der Waals surface area contributed by atoms with E-state index in [0.29, 0.717) is 5.56 Å². The Labute approximate surface area is 112 Å². The Morgan fingerprint density at radius 2 is 2.45 bits per heavy atom. The van der Waals surface area contributed by atoms with Crippen LogP contribution in [0.1, 0.15) is 11.8 Å². The van der Waals surface area contributed by atoms with Gasteiger partial charge in [0.2, 0.25) is 0 Å². The molecule has 1 aromatic rings. The predicted octanol–water partition coefficient (Wildman–Crippen LogP) is 0.0406. The molecule has 0 saturated carbocycles. The van der Waals surface area contributed by atoms with E-state index < -0.39 is 36.8 Å². The average Bonchev–Trinajstić information content (AvgIpc) is 2.72. The maximum Gasteiger partial charge on any atom is 0.351 e. The van der Waals surface area contributed by atoms with Crippen LogP contribution in [0.5, 0.6) is 0 Å². The van der Waals surface area contributed by atoms with Gasteiger partial charge in [0.25, 0.3) is 0 Å². The number of nitrogens with two attached hydrogens (primary N) is 1. The lowest BCUT2D eigenvalue weighted by atomic mass is 10.1. The molecule has 9 nitrogen and oxygen atoms in total. The van der Waals surface area contributed by atoms with Gasteiger partial charge in [-0.15, -0.1) is 0 Å². The van der Waals surface area contributed by atoms with Crippen LogP contribution in [0, 0.1) is 6.92 Å². The fraction of sp³-hybridized carbons (Fsp3) is 0.600. The molecule has 2 heterocycles. The number of nitrogen functional groups attached to an aromatic ring is 1. The predicted molar refractivity (Wildman–Crippen MR) is 66.5 cm³/mol. The molecule has 0 bridgehead atoms. The second-order valence-electron chi connectivity index (χ2n) is 4.39. The maximum absolute atomic E-state index is 14.3. The topological polar surface area (TPSA) is 139 Å². The van der Waals surface area contributed by atoms with Crippen molar-refractivity contribution >= 4 is 5.82 Å². The van der Waals surface area contributed by atoms with Crippen molar-refractivity contribution in [2.24, 2.45) is 5.11 Å². The van der Waals surface area contributed by atoms with Crippen LogP contribution >= 0.6 is 0 Å². The van der Waals surface area contributed by atoms with Gasteiger partial charge in [0, 0.05) is 16.7 Å². The number of ether oxygens (including phenoxy) is 1. The summed E-state index contributed by atoms with van der Waals surface area (Å²) in [5.74, 6) is 0.0463. The summed E-state index contributed by atoms with van der Waals surface area (Å²) in [7, 11) is 0. The lowest BCUT2D eigenvalue weighted by Gasteiger charge is -2.16. The molecule has 0 aliphatic carbocycles. The first-order valence-corrected chi connectivity index (χ1v) is 5.79. The van der Waals surface area contributed by atoms with Crippen LogP contribution in [0.2, 0.25) is 0 Å². The normalized spacial score (nSPS) is 29.1. The summed E-state index contributed by atoms with van der Waals surface area (Å²) in [6, 6.07) is -1.21. The molecule has 1 aliphatic rings. The Kier molecular flexibility index (Phi) is 3.89. The number of aryl methyl sites for hydroxylation is 1. The lowest BCUT2D eigenvalue weighted by Crippen LogP contribution is -2.33. The Morgan fingerprint density at radius 3 is 3.05 bits per heavy atom. The second-order valence-corrected chi connectivity index (χ2v) is 4.39. The monoisotopic (exact) mass is 284 g/mol. The minimum Gasteiger partial charge on any atom is -0.394 e. The molecule has 20 heavy (non-hydrogen) atoms. The molecule has 10 heteroatoms. The summed E-state index contributed by atoms with van der Waals surface area (Å²) in [6.45, 7) is 1.08. The van der Waals surface area contributed by atoms with E-state index in [1.54, 1.807) is 6.92 Å². The summed E-state index contributed by atoms with van der Waals surface area (Å²) < 4.78 is 20.4. The molecular weight excluding hydrogens is 271 g/mol. The number of aliphatic hydroxyl groups excluding tert-OH is 1. The molecule has 1 aliphatic heterocycles. The van der Waals surface area contributed by atoms with Crippen molar-refractivity contribution in [2.75, 3.05) is 12.3 Å². The molecule has 1 fully saturated rings. The fourth-order valence-corrected chi connectivity index (χ4v) is 2.04. The first-order valence-electron chi connectivity index (χ1n) is 5.79. The van der Waals surface area contributed by atoms with E-state index in [9.17, 15) is 9.18 Å². The summed E-state index contributed by atoms with van der Waals surface area (Å²) >= 11 is 0. The Hall–Kier alpha value is -2.16. The zero-order valence-electron chi connectivity index (χ0n) is 10.5. The largest absolute Gasteiger partial charge is 0.394 e. The highest BCUT2D eigenvalue weighted by molar-refractivity contribution is 5.35. The van der Waals surface area contributed by atoms with Crippen LogP contribution in [0.3, 0.4) is 0 Å². The van der Waals surface area contributed by atoms with Crippen LogP contribution < -0.4 is 11.4 Å². The molecule has 0 radical (unpaired) electrons. The van der Waals surface area contributed by atoms with E-state index in [4.69, 9.17) is 21.1 Å². The number of rotatable bonds is 3. The first kappa shape index (κ1) is 14.3. The Balaban J connectivity index is 2.41. The molecule has 108 valence electrons. The maximum atomic E-state index is 14.3. The number of aliphatic hydroxyl groups is 1. The standard InChI is InChI=1S/C10H13FN6O3/c1-4-2-17(10(19)14-8(4)12)9-6(11)7(15-16-13)5(3-18)20-9/h2,5-7,9,18H,3H2,1H3,(H2,12,14,19)/t5-,6-,7-,9+/m1/s1. The fourth-order valence-electron chi connectivity index (χ4n) is 2.04. The van der Waals surface area contributed by atoms with Gasteiger partial charge < -0.3 is 15.6 Å². The van der Waals surface area contributed by atoms with E-state index in [1.165, 1.54) is 6.20 Å². The van der Waals surface area contributed by atoms with Crippen molar-refractivity contribution in [1.82, 2.24) is 9.55 Å². The Morgan fingerprint density at radius 1 is 1.75 bits per heavy atom. The van der Waals surface area contributed by atoms with Crippen molar-refractivity contribution in [3.63, 3.8) is 0 Å². The number of nitrogens with zero attached hydrogens (tertiary/aromatic N) is 5. The number of azide groups is 1.